The van der Waals surface area contributed by atoms with E-state index in [1.54, 1.807) is 19.2 Å². The maximum atomic E-state index is 12.3. The third-order valence-electron chi connectivity index (χ3n) is 2.68. The number of rotatable bonds is 5. The molecule has 21 heavy (non-hydrogen) atoms. The highest BCUT2D eigenvalue weighted by Crippen LogP contribution is 2.20. The Kier molecular flexibility index (Phi) is 4.64. The van der Waals surface area contributed by atoms with Crippen LogP contribution in [0.25, 0.3) is 0 Å². The van der Waals surface area contributed by atoms with Crippen molar-refractivity contribution in [2.75, 3.05) is 7.05 Å². The summed E-state index contributed by atoms with van der Waals surface area (Å²) in [6, 6.07) is 6.41. The summed E-state index contributed by atoms with van der Waals surface area (Å²) in [5.74, 6) is 0.103. The number of hydrogen-bond donors (Lipinski definition) is 0. The van der Waals surface area contributed by atoms with Crippen molar-refractivity contribution in [2.24, 2.45) is 15.0 Å². The average molecular weight is 305 g/mol. The smallest absolute Gasteiger partial charge is 0.339 e. The molecular weight excluding hydrogens is 290 g/mol. The summed E-state index contributed by atoms with van der Waals surface area (Å²) in [6.07, 6.45) is 5.16. The highest BCUT2D eigenvalue weighted by atomic mass is 32.2. The first-order valence-corrected chi connectivity index (χ1v) is 7.62. The first-order chi connectivity index (χ1) is 10.0. The van der Waals surface area contributed by atoms with Crippen molar-refractivity contribution < 1.29 is 12.6 Å². The van der Waals surface area contributed by atoms with Gasteiger partial charge in [0.2, 0.25) is 0 Å². The van der Waals surface area contributed by atoms with E-state index in [2.05, 4.69) is 15.0 Å². The minimum atomic E-state index is -3.92. The minimum absolute atomic E-state index is 0.0818. The molecule has 7 heteroatoms. The average Bonchev–Trinajstić information content (AvgIpc) is 2.98. The van der Waals surface area contributed by atoms with Crippen LogP contribution in [0.15, 0.2) is 56.0 Å². The molecule has 1 aromatic rings. The summed E-state index contributed by atoms with van der Waals surface area (Å²) in [4.78, 5) is 11.9. The molecule has 0 aromatic heterocycles. The number of aliphatic imine (C=N–C) groups is 3. The molecule has 0 saturated carbocycles. The van der Waals surface area contributed by atoms with Gasteiger partial charge in [-0.2, -0.15) is 8.42 Å². The monoisotopic (exact) mass is 305 g/mol. The Morgan fingerprint density at radius 1 is 1.24 bits per heavy atom. The van der Waals surface area contributed by atoms with Gasteiger partial charge in [0.05, 0.1) is 0 Å². The van der Waals surface area contributed by atoms with Gasteiger partial charge in [0.25, 0.3) is 0 Å². The van der Waals surface area contributed by atoms with E-state index in [9.17, 15) is 8.42 Å². The molecule has 6 nitrogen and oxygen atoms in total. The Morgan fingerprint density at radius 3 is 2.43 bits per heavy atom. The van der Waals surface area contributed by atoms with Crippen LogP contribution < -0.4 is 0 Å². The normalized spacial score (nSPS) is 16.0. The fourth-order valence-electron chi connectivity index (χ4n) is 1.61. The van der Waals surface area contributed by atoms with E-state index in [-0.39, 0.29) is 10.7 Å². The predicted molar refractivity (Wildman–Crippen MR) is 82.7 cm³/mol. The Hall–Kier alpha value is -2.28. The zero-order valence-electron chi connectivity index (χ0n) is 11.7. The molecule has 0 atom stereocenters. The second-order valence-corrected chi connectivity index (χ2v) is 5.84. The maximum Gasteiger partial charge on any atom is 0.339 e. The van der Waals surface area contributed by atoms with Crippen molar-refractivity contribution in [3.8, 4) is 0 Å². The van der Waals surface area contributed by atoms with Gasteiger partial charge in [0, 0.05) is 25.7 Å². The second-order valence-electron chi connectivity index (χ2n) is 4.30. The summed E-state index contributed by atoms with van der Waals surface area (Å²) in [6.45, 7) is 1.88. The molecule has 1 aliphatic heterocycles. The Labute approximate surface area is 123 Å². The van der Waals surface area contributed by atoms with E-state index in [1.165, 1.54) is 36.9 Å². The van der Waals surface area contributed by atoms with Gasteiger partial charge in [-0.1, -0.05) is 17.7 Å². The number of benzene rings is 1. The van der Waals surface area contributed by atoms with Crippen LogP contribution in [0.1, 0.15) is 5.56 Å². The van der Waals surface area contributed by atoms with E-state index in [1.807, 2.05) is 6.92 Å². The number of aryl methyl sites for hydroxylation is 1. The first kappa shape index (κ1) is 15.1. The van der Waals surface area contributed by atoms with Crippen molar-refractivity contribution in [1.29, 1.82) is 0 Å². The van der Waals surface area contributed by atoms with Gasteiger partial charge >= 0.3 is 10.1 Å². The van der Waals surface area contributed by atoms with Gasteiger partial charge in [0.1, 0.15) is 4.90 Å². The summed E-state index contributed by atoms with van der Waals surface area (Å²) in [5, 5.41) is 0. The summed E-state index contributed by atoms with van der Waals surface area (Å²) in [7, 11) is -2.35. The van der Waals surface area contributed by atoms with Crippen LogP contribution >= 0.6 is 0 Å². The Bertz CT molecular complexity index is 704. The van der Waals surface area contributed by atoms with Crippen molar-refractivity contribution in [3.05, 3.63) is 41.7 Å². The summed E-state index contributed by atoms with van der Waals surface area (Å²) < 4.78 is 29.7. The largest absolute Gasteiger partial charge is 0.379 e. The van der Waals surface area contributed by atoms with E-state index >= 15 is 0 Å². The van der Waals surface area contributed by atoms with E-state index in [0.717, 1.165) is 5.56 Å². The van der Waals surface area contributed by atoms with Crippen LogP contribution in [0.4, 0.5) is 0 Å². The van der Waals surface area contributed by atoms with Gasteiger partial charge in [-0.15, -0.1) is 0 Å². The molecule has 0 unspecified atom stereocenters. The van der Waals surface area contributed by atoms with Crippen LogP contribution in [0.3, 0.4) is 0 Å². The summed E-state index contributed by atoms with van der Waals surface area (Å²) >= 11 is 0. The van der Waals surface area contributed by atoms with Gasteiger partial charge in [0.15, 0.2) is 11.9 Å². The fraction of sp³-hybridized carbons (Fsp3) is 0.214. The number of allylic oxidation sites excluding steroid dienone is 1. The van der Waals surface area contributed by atoms with Crippen LogP contribution in [0.5, 0.6) is 0 Å². The molecule has 1 heterocycles. The van der Waals surface area contributed by atoms with Crippen LogP contribution in [0.2, 0.25) is 0 Å². The van der Waals surface area contributed by atoms with Crippen molar-refractivity contribution in [3.63, 3.8) is 0 Å². The molecule has 2 rings (SSSR count). The third kappa shape index (κ3) is 3.85. The lowest BCUT2D eigenvalue weighted by molar-refractivity contribution is 0.380. The predicted octanol–water partition coefficient (Wildman–Crippen LogP) is 1.77. The fourth-order valence-corrected chi connectivity index (χ4v) is 2.57. The maximum absolute atomic E-state index is 12.3. The SMILES string of the molecule is C/N=C\C=C(\OS(=O)(=O)c1ccc(C)cc1)C1N=CC=N1. The Balaban J connectivity index is 2.29. The van der Waals surface area contributed by atoms with Crippen molar-refractivity contribution in [1.82, 2.24) is 0 Å². The van der Waals surface area contributed by atoms with Gasteiger partial charge in [-0.05, 0) is 25.1 Å². The Morgan fingerprint density at radius 2 is 1.86 bits per heavy atom. The van der Waals surface area contributed by atoms with E-state index in [4.69, 9.17) is 4.18 Å². The molecule has 0 bridgehead atoms. The molecule has 0 fully saturated rings. The zero-order valence-corrected chi connectivity index (χ0v) is 12.5. The second kappa shape index (κ2) is 6.45. The molecular formula is C14H15N3O3S. The minimum Gasteiger partial charge on any atom is -0.379 e. The van der Waals surface area contributed by atoms with Crippen LogP contribution in [-0.4, -0.2) is 40.3 Å². The molecule has 110 valence electrons. The molecule has 1 aromatic carbocycles. The lowest BCUT2D eigenvalue weighted by Crippen LogP contribution is -2.13. The molecule has 1 aliphatic rings. The van der Waals surface area contributed by atoms with Crippen molar-refractivity contribution in [2.45, 2.75) is 18.0 Å². The topological polar surface area (TPSA) is 80.5 Å². The van der Waals surface area contributed by atoms with Crippen molar-refractivity contribution >= 4 is 28.8 Å². The number of nitrogens with zero attached hydrogens (tertiary/aromatic N) is 3. The van der Waals surface area contributed by atoms with Crippen LogP contribution in [-0.2, 0) is 14.3 Å². The summed E-state index contributed by atoms with van der Waals surface area (Å²) in [5.41, 5.74) is 0.966. The molecule has 0 radical (unpaired) electrons. The molecule has 0 spiro atoms. The number of hydrogen-bond acceptors (Lipinski definition) is 6. The quantitative estimate of drug-likeness (QED) is 0.472. The lowest BCUT2D eigenvalue weighted by Gasteiger charge is -2.12. The van der Waals surface area contributed by atoms with Gasteiger partial charge < -0.3 is 4.18 Å². The lowest BCUT2D eigenvalue weighted by atomic mass is 10.2. The third-order valence-corrected chi connectivity index (χ3v) is 3.94. The highest BCUT2D eigenvalue weighted by Gasteiger charge is 2.23. The van der Waals surface area contributed by atoms with E-state index < -0.39 is 16.3 Å². The first-order valence-electron chi connectivity index (χ1n) is 6.21. The standard InChI is InChI=1S/C14H15N3O3S/c1-11-3-5-12(6-4-11)21(18,19)20-13(7-8-15-2)14-16-9-10-17-14/h3-10,14H,1-2H3/b13-7+,15-8-. The molecule has 0 aliphatic carbocycles. The molecule has 0 saturated heterocycles. The molecule has 0 amide bonds. The van der Waals surface area contributed by atoms with Gasteiger partial charge in [-0.3, -0.25) is 15.0 Å². The highest BCUT2D eigenvalue weighted by molar-refractivity contribution is 7.86. The zero-order chi connectivity index (χ0) is 15.3. The van der Waals surface area contributed by atoms with Gasteiger partial charge in [-0.25, -0.2) is 0 Å². The van der Waals surface area contributed by atoms with E-state index in [0.29, 0.717) is 0 Å². The van der Waals surface area contributed by atoms with Crippen LogP contribution in [0, 0.1) is 6.92 Å². The molecule has 0 N–H and O–H groups in total.